The van der Waals surface area contributed by atoms with Crippen molar-refractivity contribution < 1.29 is 4.79 Å². The molecule has 0 radical (unpaired) electrons. The minimum Gasteiger partial charge on any atom is -0.336 e. The van der Waals surface area contributed by atoms with Gasteiger partial charge in [0.1, 0.15) is 18.2 Å². The minimum atomic E-state index is -0.147. The zero-order valence-corrected chi connectivity index (χ0v) is 16.1. The van der Waals surface area contributed by atoms with Crippen LogP contribution in [0.3, 0.4) is 0 Å². The van der Waals surface area contributed by atoms with Crippen LogP contribution in [0.4, 0.5) is 0 Å². The maximum absolute atomic E-state index is 13.2. The van der Waals surface area contributed by atoms with Crippen LogP contribution >= 0.6 is 24.0 Å². The van der Waals surface area contributed by atoms with Gasteiger partial charge in [-0.3, -0.25) is 4.79 Å². The highest BCUT2D eigenvalue weighted by molar-refractivity contribution is 6.34. The number of tetrazole rings is 1. The standard InChI is InChI=1S/C16H17ClN8O.ClH/c1-23-6-5-19-15(23)14-9-18-4-7-24(14)16(26)12-3-2-11(8-13(12)17)25-10-20-21-22-25;/h2-3,5-6,8,10,14,18H,4,7,9H2,1H3;1H. The number of benzene rings is 1. The smallest absolute Gasteiger partial charge is 0.256 e. The molecule has 1 aromatic carbocycles. The van der Waals surface area contributed by atoms with Crippen LogP contribution in [-0.2, 0) is 7.05 Å². The molecule has 3 heterocycles. The number of halogens is 2. The van der Waals surface area contributed by atoms with Crippen molar-refractivity contribution in [2.75, 3.05) is 19.6 Å². The molecule has 27 heavy (non-hydrogen) atoms. The van der Waals surface area contributed by atoms with Crippen LogP contribution in [0.15, 0.2) is 36.9 Å². The van der Waals surface area contributed by atoms with E-state index in [0.717, 1.165) is 12.4 Å². The number of imidazole rings is 1. The molecule has 1 unspecified atom stereocenters. The van der Waals surface area contributed by atoms with Crippen molar-refractivity contribution >= 4 is 29.9 Å². The van der Waals surface area contributed by atoms with Gasteiger partial charge < -0.3 is 14.8 Å². The molecule has 1 N–H and O–H groups in total. The summed E-state index contributed by atoms with van der Waals surface area (Å²) in [4.78, 5) is 19.4. The third kappa shape index (κ3) is 3.66. The number of rotatable bonds is 3. The van der Waals surface area contributed by atoms with Gasteiger partial charge in [0, 0.05) is 39.1 Å². The van der Waals surface area contributed by atoms with Crippen molar-refractivity contribution in [3.63, 3.8) is 0 Å². The first kappa shape index (κ1) is 19.3. The number of nitrogens with zero attached hydrogens (tertiary/aromatic N) is 7. The summed E-state index contributed by atoms with van der Waals surface area (Å²) >= 11 is 6.40. The van der Waals surface area contributed by atoms with Crippen molar-refractivity contribution in [1.82, 2.24) is 40.0 Å². The third-order valence-electron chi connectivity index (χ3n) is 4.46. The lowest BCUT2D eigenvalue weighted by Crippen LogP contribution is -2.49. The monoisotopic (exact) mass is 408 g/mol. The Labute approximate surface area is 166 Å². The second-order valence-corrected chi connectivity index (χ2v) is 6.44. The number of hydrogen-bond acceptors (Lipinski definition) is 6. The van der Waals surface area contributed by atoms with Gasteiger partial charge in [0.25, 0.3) is 5.91 Å². The molecule has 4 rings (SSSR count). The van der Waals surface area contributed by atoms with Gasteiger partial charge in [0.15, 0.2) is 0 Å². The Balaban J connectivity index is 0.00000210. The van der Waals surface area contributed by atoms with Crippen molar-refractivity contribution in [1.29, 1.82) is 0 Å². The van der Waals surface area contributed by atoms with Crippen molar-refractivity contribution in [2.45, 2.75) is 6.04 Å². The lowest BCUT2D eigenvalue weighted by Gasteiger charge is -2.36. The van der Waals surface area contributed by atoms with E-state index < -0.39 is 0 Å². The molecular weight excluding hydrogens is 391 g/mol. The van der Waals surface area contributed by atoms with Gasteiger partial charge in [-0.2, -0.15) is 0 Å². The lowest BCUT2D eigenvalue weighted by atomic mass is 10.1. The number of hydrogen-bond donors (Lipinski definition) is 1. The molecule has 142 valence electrons. The average Bonchev–Trinajstić information content (AvgIpc) is 3.33. The molecule has 1 fully saturated rings. The van der Waals surface area contributed by atoms with E-state index in [4.69, 9.17) is 11.6 Å². The number of piperazine rings is 1. The Morgan fingerprint density at radius 3 is 2.89 bits per heavy atom. The first-order valence-corrected chi connectivity index (χ1v) is 8.55. The molecule has 11 heteroatoms. The zero-order chi connectivity index (χ0) is 18.1. The van der Waals surface area contributed by atoms with Crippen LogP contribution < -0.4 is 5.32 Å². The Hall–Kier alpha value is -2.49. The van der Waals surface area contributed by atoms with Gasteiger partial charge in [0.05, 0.1) is 16.3 Å². The van der Waals surface area contributed by atoms with Gasteiger partial charge in [-0.05, 0) is 28.6 Å². The quantitative estimate of drug-likeness (QED) is 0.700. The average molecular weight is 409 g/mol. The predicted molar refractivity (Wildman–Crippen MR) is 101 cm³/mol. The van der Waals surface area contributed by atoms with E-state index in [-0.39, 0.29) is 24.4 Å². The van der Waals surface area contributed by atoms with Crippen LogP contribution in [0, 0.1) is 0 Å². The molecule has 1 atom stereocenters. The summed E-state index contributed by atoms with van der Waals surface area (Å²) < 4.78 is 3.42. The molecule has 0 aliphatic carbocycles. The molecule has 1 aliphatic heterocycles. The maximum atomic E-state index is 13.2. The third-order valence-corrected chi connectivity index (χ3v) is 4.77. The van der Waals surface area contributed by atoms with Crippen LogP contribution in [0.25, 0.3) is 5.69 Å². The molecule has 9 nitrogen and oxygen atoms in total. The number of aromatic nitrogens is 6. The van der Waals surface area contributed by atoms with E-state index in [2.05, 4.69) is 25.8 Å². The molecule has 0 spiro atoms. The highest BCUT2D eigenvalue weighted by Gasteiger charge is 2.31. The fraction of sp³-hybridized carbons (Fsp3) is 0.312. The Kier molecular flexibility index (Phi) is 5.73. The summed E-state index contributed by atoms with van der Waals surface area (Å²) in [7, 11) is 1.92. The fourth-order valence-corrected chi connectivity index (χ4v) is 3.39. The molecule has 2 aromatic heterocycles. The Morgan fingerprint density at radius 2 is 2.22 bits per heavy atom. The lowest BCUT2D eigenvalue weighted by molar-refractivity contribution is 0.0621. The largest absolute Gasteiger partial charge is 0.336 e. The minimum absolute atomic E-state index is 0. The number of carbonyl (C=O) groups is 1. The molecular formula is C16H18Cl2N8O. The SMILES string of the molecule is Cl.Cn1ccnc1C1CNCCN1C(=O)c1ccc(-n2cnnn2)cc1Cl. The van der Waals surface area contributed by atoms with Crippen LogP contribution in [-0.4, -0.2) is 60.2 Å². The first-order chi connectivity index (χ1) is 12.6. The summed E-state index contributed by atoms with van der Waals surface area (Å²) in [5.41, 5.74) is 1.14. The summed E-state index contributed by atoms with van der Waals surface area (Å²) in [5.74, 6) is 0.722. The van der Waals surface area contributed by atoms with E-state index in [0.29, 0.717) is 29.4 Å². The van der Waals surface area contributed by atoms with E-state index in [9.17, 15) is 4.79 Å². The molecule has 1 aliphatic rings. The molecule has 1 amide bonds. The van der Waals surface area contributed by atoms with Crippen LogP contribution in [0.5, 0.6) is 0 Å². The highest BCUT2D eigenvalue weighted by Crippen LogP contribution is 2.27. The number of aryl methyl sites for hydroxylation is 1. The summed E-state index contributed by atoms with van der Waals surface area (Å²) in [5, 5.41) is 14.7. The molecule has 0 saturated carbocycles. The fourth-order valence-electron chi connectivity index (χ4n) is 3.13. The summed E-state index contributed by atoms with van der Waals surface area (Å²) in [6.45, 7) is 1.96. The number of amides is 1. The van der Waals surface area contributed by atoms with Crippen LogP contribution in [0.2, 0.25) is 5.02 Å². The normalized spacial score (nSPS) is 16.8. The van der Waals surface area contributed by atoms with Gasteiger partial charge in [-0.25, -0.2) is 9.67 Å². The maximum Gasteiger partial charge on any atom is 0.256 e. The van der Waals surface area contributed by atoms with E-state index in [1.807, 2.05) is 22.7 Å². The number of nitrogens with one attached hydrogen (secondary N) is 1. The predicted octanol–water partition coefficient (Wildman–Crippen LogP) is 1.26. The summed E-state index contributed by atoms with van der Waals surface area (Å²) in [6, 6.07) is 5.02. The van der Waals surface area contributed by atoms with Gasteiger partial charge in [-0.15, -0.1) is 17.5 Å². The van der Waals surface area contributed by atoms with Crippen molar-refractivity contribution in [3.05, 3.63) is 53.3 Å². The van der Waals surface area contributed by atoms with Crippen LogP contribution in [0.1, 0.15) is 22.2 Å². The Morgan fingerprint density at radius 1 is 1.37 bits per heavy atom. The highest BCUT2D eigenvalue weighted by atomic mass is 35.5. The second-order valence-electron chi connectivity index (χ2n) is 6.03. The topological polar surface area (TPSA) is 93.8 Å². The number of carbonyl (C=O) groups excluding carboxylic acids is 1. The zero-order valence-electron chi connectivity index (χ0n) is 14.5. The van der Waals surface area contributed by atoms with Crippen molar-refractivity contribution in [3.8, 4) is 5.69 Å². The van der Waals surface area contributed by atoms with E-state index >= 15 is 0 Å². The van der Waals surface area contributed by atoms with Crippen molar-refractivity contribution in [2.24, 2.45) is 7.05 Å². The molecule has 3 aromatic rings. The second kappa shape index (κ2) is 8.03. The first-order valence-electron chi connectivity index (χ1n) is 8.17. The van der Waals surface area contributed by atoms with Gasteiger partial charge in [0.2, 0.25) is 0 Å². The van der Waals surface area contributed by atoms with Gasteiger partial charge >= 0.3 is 0 Å². The Bertz CT molecular complexity index is 926. The van der Waals surface area contributed by atoms with E-state index in [1.165, 1.54) is 11.0 Å². The molecule has 1 saturated heterocycles. The summed E-state index contributed by atoms with van der Waals surface area (Å²) in [6.07, 6.45) is 5.08. The molecule has 0 bridgehead atoms. The van der Waals surface area contributed by atoms with Gasteiger partial charge in [-0.1, -0.05) is 11.6 Å². The van der Waals surface area contributed by atoms with E-state index in [1.54, 1.807) is 24.4 Å².